The Morgan fingerprint density at radius 3 is 2.57 bits per heavy atom. The third-order valence-corrected chi connectivity index (χ3v) is 6.57. The summed E-state index contributed by atoms with van der Waals surface area (Å²) in [6.07, 6.45) is 3.40. The molecule has 8 heteroatoms. The van der Waals surface area contributed by atoms with Gasteiger partial charge in [-0.1, -0.05) is 18.2 Å². The molecule has 0 radical (unpaired) electrons. The number of fused-ring (bicyclic) bond motifs is 1. The van der Waals surface area contributed by atoms with Crippen molar-refractivity contribution in [3.8, 4) is 0 Å². The number of sulfonamides is 1. The Morgan fingerprint density at radius 2 is 1.87 bits per heavy atom. The Kier molecular flexibility index (Phi) is 6.52. The van der Waals surface area contributed by atoms with Crippen molar-refractivity contribution in [1.82, 2.24) is 15.0 Å². The normalized spacial score (nSPS) is 15.1. The number of nitrogens with zero attached hydrogens (tertiary/aromatic N) is 1. The molecule has 3 rings (SSSR count). The highest BCUT2D eigenvalue weighted by Gasteiger charge is 2.24. The summed E-state index contributed by atoms with van der Waals surface area (Å²) < 4.78 is 41.3. The van der Waals surface area contributed by atoms with Crippen LogP contribution in [0.15, 0.2) is 59.8 Å². The van der Waals surface area contributed by atoms with Crippen molar-refractivity contribution >= 4 is 20.8 Å². The van der Waals surface area contributed by atoms with Crippen molar-refractivity contribution in [1.29, 1.82) is 0 Å². The molecule has 0 aliphatic rings. The Bertz CT molecular complexity index is 1130. The zero-order chi connectivity index (χ0) is 21.9. The zero-order valence-electron chi connectivity index (χ0n) is 17.2. The standard InChI is InChI=1S/C22H26FN3O3S/c1-15-11-24-13-17-4-9-20(10-21(15)17)30(28,29)26-16(2)12-25-14-22(3,27)18-5-7-19(23)8-6-18/h4-11,13,16,25-27H,12,14H2,1-3H3/t16-,22?/m1/s1. The largest absolute Gasteiger partial charge is 0.384 e. The average molecular weight is 432 g/mol. The van der Waals surface area contributed by atoms with Gasteiger partial charge in [-0.15, -0.1) is 0 Å². The molecule has 3 N–H and O–H groups in total. The fourth-order valence-corrected chi connectivity index (χ4v) is 4.54. The van der Waals surface area contributed by atoms with Crippen LogP contribution in [-0.2, 0) is 15.6 Å². The molecule has 0 bridgehead atoms. The monoisotopic (exact) mass is 431 g/mol. The molecule has 2 aromatic carbocycles. The van der Waals surface area contributed by atoms with E-state index in [4.69, 9.17) is 0 Å². The van der Waals surface area contributed by atoms with Gasteiger partial charge in [0.05, 0.1) is 10.5 Å². The van der Waals surface area contributed by atoms with Crippen LogP contribution in [0.4, 0.5) is 4.39 Å². The van der Waals surface area contributed by atoms with Crippen LogP contribution in [0.25, 0.3) is 10.8 Å². The minimum Gasteiger partial charge on any atom is -0.384 e. The van der Waals surface area contributed by atoms with E-state index in [1.165, 1.54) is 24.3 Å². The van der Waals surface area contributed by atoms with Gasteiger partial charge in [0.25, 0.3) is 0 Å². The fraction of sp³-hybridized carbons (Fsp3) is 0.318. The van der Waals surface area contributed by atoms with Crippen molar-refractivity contribution in [3.05, 3.63) is 71.8 Å². The van der Waals surface area contributed by atoms with E-state index in [1.54, 1.807) is 44.4 Å². The highest BCUT2D eigenvalue weighted by molar-refractivity contribution is 7.89. The summed E-state index contributed by atoms with van der Waals surface area (Å²) in [6, 6.07) is 10.2. The van der Waals surface area contributed by atoms with Gasteiger partial charge >= 0.3 is 0 Å². The van der Waals surface area contributed by atoms with Gasteiger partial charge in [0.1, 0.15) is 5.82 Å². The Hall–Kier alpha value is -2.39. The predicted molar refractivity (Wildman–Crippen MR) is 115 cm³/mol. The lowest BCUT2D eigenvalue weighted by molar-refractivity contribution is 0.0568. The van der Waals surface area contributed by atoms with Gasteiger partial charge < -0.3 is 10.4 Å². The lowest BCUT2D eigenvalue weighted by Gasteiger charge is -2.25. The van der Waals surface area contributed by atoms with E-state index in [0.717, 1.165) is 16.3 Å². The second-order valence-corrected chi connectivity index (χ2v) is 9.49. The van der Waals surface area contributed by atoms with Gasteiger partial charge in [-0.25, -0.2) is 17.5 Å². The number of hydrogen-bond donors (Lipinski definition) is 3. The number of pyridine rings is 1. The van der Waals surface area contributed by atoms with Crippen molar-refractivity contribution in [2.45, 2.75) is 37.3 Å². The summed E-state index contributed by atoms with van der Waals surface area (Å²) in [6.45, 7) is 5.75. The zero-order valence-corrected chi connectivity index (χ0v) is 18.0. The maximum Gasteiger partial charge on any atom is 0.240 e. The summed E-state index contributed by atoms with van der Waals surface area (Å²) >= 11 is 0. The Morgan fingerprint density at radius 1 is 1.17 bits per heavy atom. The fourth-order valence-electron chi connectivity index (χ4n) is 3.27. The molecule has 0 fully saturated rings. The van der Waals surface area contributed by atoms with E-state index in [-0.39, 0.29) is 17.3 Å². The summed E-state index contributed by atoms with van der Waals surface area (Å²) in [5.41, 5.74) is 0.267. The molecule has 1 aromatic heterocycles. The van der Waals surface area contributed by atoms with Gasteiger partial charge in [-0.05, 0) is 61.5 Å². The quantitative estimate of drug-likeness (QED) is 0.510. The second kappa shape index (κ2) is 8.77. The number of hydrogen-bond acceptors (Lipinski definition) is 5. The first kappa shape index (κ1) is 22.3. The lowest BCUT2D eigenvalue weighted by Crippen LogP contribution is -2.44. The Balaban J connectivity index is 1.62. The molecule has 6 nitrogen and oxygen atoms in total. The minimum atomic E-state index is -3.71. The van der Waals surface area contributed by atoms with Crippen LogP contribution in [0.1, 0.15) is 25.0 Å². The van der Waals surface area contributed by atoms with Gasteiger partial charge in [-0.3, -0.25) is 4.98 Å². The molecule has 160 valence electrons. The predicted octanol–water partition coefficient (Wildman–Crippen LogP) is 2.85. The summed E-state index contributed by atoms with van der Waals surface area (Å²) in [4.78, 5) is 4.31. The highest BCUT2D eigenvalue weighted by atomic mass is 32.2. The first-order chi connectivity index (χ1) is 14.1. The number of aryl methyl sites for hydroxylation is 1. The molecule has 0 saturated carbocycles. The molecule has 0 aliphatic heterocycles. The SMILES string of the molecule is Cc1cncc2ccc(S(=O)(=O)N[C@H](C)CNCC(C)(O)c3ccc(F)cc3)cc12. The molecule has 2 atom stereocenters. The molecule has 0 amide bonds. The van der Waals surface area contributed by atoms with E-state index in [0.29, 0.717) is 12.1 Å². The summed E-state index contributed by atoms with van der Waals surface area (Å²) in [5.74, 6) is -0.370. The third-order valence-electron chi connectivity index (χ3n) is 4.98. The van der Waals surface area contributed by atoms with Crippen LogP contribution in [0.3, 0.4) is 0 Å². The minimum absolute atomic E-state index is 0.187. The molecule has 30 heavy (non-hydrogen) atoms. The van der Waals surface area contributed by atoms with Gasteiger partial charge in [0, 0.05) is 36.9 Å². The van der Waals surface area contributed by atoms with Crippen LogP contribution in [0.2, 0.25) is 0 Å². The summed E-state index contributed by atoms with van der Waals surface area (Å²) in [5, 5.41) is 15.4. The number of aliphatic hydroxyl groups is 1. The molecular weight excluding hydrogens is 405 g/mol. The van der Waals surface area contributed by atoms with Gasteiger partial charge in [-0.2, -0.15) is 0 Å². The number of aromatic nitrogens is 1. The van der Waals surface area contributed by atoms with Crippen molar-refractivity contribution in [2.75, 3.05) is 13.1 Å². The molecular formula is C22H26FN3O3S. The molecule has 0 spiro atoms. The maximum atomic E-state index is 13.1. The van der Waals surface area contributed by atoms with E-state index < -0.39 is 21.7 Å². The van der Waals surface area contributed by atoms with Crippen LogP contribution in [0, 0.1) is 12.7 Å². The molecule has 0 saturated heterocycles. The topological polar surface area (TPSA) is 91.3 Å². The molecule has 0 aliphatic carbocycles. The van der Waals surface area contributed by atoms with Crippen LogP contribution in [0.5, 0.6) is 0 Å². The first-order valence-electron chi connectivity index (χ1n) is 9.64. The third kappa shape index (κ3) is 5.20. The van der Waals surface area contributed by atoms with Gasteiger partial charge in [0.15, 0.2) is 0 Å². The van der Waals surface area contributed by atoms with Crippen LogP contribution in [-0.4, -0.2) is 37.6 Å². The van der Waals surface area contributed by atoms with Crippen molar-refractivity contribution in [3.63, 3.8) is 0 Å². The van der Waals surface area contributed by atoms with Crippen molar-refractivity contribution in [2.24, 2.45) is 0 Å². The highest BCUT2D eigenvalue weighted by Crippen LogP contribution is 2.22. The van der Waals surface area contributed by atoms with Gasteiger partial charge in [0.2, 0.25) is 10.0 Å². The number of benzene rings is 2. The van der Waals surface area contributed by atoms with E-state index in [9.17, 15) is 17.9 Å². The summed E-state index contributed by atoms with van der Waals surface area (Å²) in [7, 11) is -3.71. The van der Waals surface area contributed by atoms with E-state index in [2.05, 4.69) is 15.0 Å². The second-order valence-electron chi connectivity index (χ2n) is 7.77. The van der Waals surface area contributed by atoms with Crippen LogP contribution < -0.4 is 10.0 Å². The Labute approximate surface area is 176 Å². The number of nitrogens with one attached hydrogen (secondary N) is 2. The smallest absolute Gasteiger partial charge is 0.240 e. The number of rotatable bonds is 8. The average Bonchev–Trinajstić information content (AvgIpc) is 2.68. The molecule has 1 unspecified atom stereocenters. The van der Waals surface area contributed by atoms with Crippen LogP contribution >= 0.6 is 0 Å². The maximum absolute atomic E-state index is 13.1. The first-order valence-corrected chi connectivity index (χ1v) is 11.1. The molecule has 1 heterocycles. The number of halogens is 1. The van der Waals surface area contributed by atoms with Crippen molar-refractivity contribution < 1.29 is 17.9 Å². The molecule has 3 aromatic rings. The van der Waals surface area contributed by atoms with E-state index >= 15 is 0 Å². The van der Waals surface area contributed by atoms with E-state index in [1.807, 2.05) is 6.92 Å². The lowest BCUT2D eigenvalue weighted by atomic mass is 9.96.